The molecule has 15 heteroatoms. The maximum Gasteiger partial charge on any atom is 1.00 e. The van der Waals surface area contributed by atoms with Crippen LogP contribution in [0.25, 0.3) is 0 Å². The molecule has 1 fully saturated rings. The van der Waals surface area contributed by atoms with Gasteiger partial charge in [-0.25, -0.2) is 4.68 Å². The fraction of sp³-hybridized carbons (Fsp3) is 0.538. The first-order valence-electron chi connectivity index (χ1n) is 7.51. The van der Waals surface area contributed by atoms with E-state index in [1.54, 1.807) is 7.05 Å². The number of aryl methyl sites for hydroxylation is 1. The zero-order chi connectivity index (χ0) is 19.8. The van der Waals surface area contributed by atoms with Crippen LogP contribution in [0.4, 0.5) is 0 Å². The van der Waals surface area contributed by atoms with Gasteiger partial charge in [0.05, 0.1) is 11.7 Å². The maximum atomic E-state index is 12.7. The predicted molar refractivity (Wildman–Crippen MR) is 93.2 cm³/mol. The van der Waals surface area contributed by atoms with Gasteiger partial charge in [-0.2, -0.15) is 0 Å². The van der Waals surface area contributed by atoms with Crippen LogP contribution in [0.2, 0.25) is 0 Å². The van der Waals surface area contributed by atoms with Gasteiger partial charge in [0.2, 0.25) is 11.1 Å². The van der Waals surface area contributed by atoms with Crippen molar-refractivity contribution in [3.8, 4) is 0 Å². The molecule has 2 amide bonds. The van der Waals surface area contributed by atoms with Crippen LogP contribution < -0.4 is 40.0 Å². The number of ether oxygens (including phenoxy) is 1. The molecule has 2 aliphatic rings. The van der Waals surface area contributed by atoms with Crippen LogP contribution >= 0.6 is 35.1 Å². The number of nitrogens with zero attached hydrogens (tertiary/aromatic N) is 5. The van der Waals surface area contributed by atoms with Crippen LogP contribution in [0, 0.1) is 0 Å². The van der Waals surface area contributed by atoms with Crippen molar-refractivity contribution < 1.29 is 53.8 Å². The molecule has 0 saturated carbocycles. The van der Waals surface area contributed by atoms with E-state index in [9.17, 15) is 19.5 Å². The molecule has 2 aliphatic heterocycles. The number of β-lactam (4-membered cyclic amide) rings is 1. The van der Waals surface area contributed by atoms with Gasteiger partial charge in [0.1, 0.15) is 11.3 Å². The van der Waals surface area contributed by atoms with Gasteiger partial charge >= 0.3 is 29.6 Å². The van der Waals surface area contributed by atoms with Gasteiger partial charge in [0, 0.05) is 25.7 Å². The summed E-state index contributed by atoms with van der Waals surface area (Å²) in [6.07, 6.45) is 0. The zero-order valence-electron chi connectivity index (χ0n) is 15.2. The molecule has 1 aromatic rings. The Balaban J connectivity index is 0.00000280. The Morgan fingerprint density at radius 3 is 2.79 bits per heavy atom. The summed E-state index contributed by atoms with van der Waals surface area (Å²) >= 11 is 8.00. The van der Waals surface area contributed by atoms with Gasteiger partial charge in [-0.05, 0) is 16.0 Å². The second-order valence-electron chi connectivity index (χ2n) is 5.57. The van der Waals surface area contributed by atoms with E-state index >= 15 is 0 Å². The number of fused-ring (bicyclic) bond motifs is 1. The van der Waals surface area contributed by atoms with Crippen LogP contribution in [-0.2, 0) is 26.2 Å². The molecule has 28 heavy (non-hydrogen) atoms. The van der Waals surface area contributed by atoms with E-state index in [1.165, 1.54) is 35.3 Å². The Labute approximate surface area is 195 Å². The molecule has 3 rings (SSSR count). The largest absolute Gasteiger partial charge is 1.00 e. The number of tetrazole rings is 1. The fourth-order valence-electron chi connectivity index (χ4n) is 2.78. The Hall–Kier alpha value is -0.830. The Kier molecular flexibility index (Phi) is 7.81. The number of hydrogen-bond donors (Lipinski definition) is 1. The standard InChI is InChI=1S/C13H15ClN6O5S2.Na/c1-19-12(16-17-18-19)27-5-6-4-26-11-13(25-2,15-7(21)3-14)10(24)20(11)8(6)9(22)23;/h11H,3-5H2,1-2H3,(H,15,21)(H,22,23);/q;+1/p-1/t11?,13-;/m0./s1. The molecule has 0 spiro atoms. The van der Waals surface area contributed by atoms with Crippen molar-refractivity contribution >= 4 is 52.9 Å². The number of amides is 2. The third kappa shape index (κ3) is 3.93. The van der Waals surface area contributed by atoms with Crippen molar-refractivity contribution in [1.82, 2.24) is 30.4 Å². The number of methoxy groups -OCH3 is 1. The number of carbonyl (C=O) groups is 3. The molecule has 146 valence electrons. The minimum atomic E-state index is -1.65. The average Bonchev–Trinajstić information content (AvgIpc) is 3.07. The summed E-state index contributed by atoms with van der Waals surface area (Å²) in [5.74, 6) is -2.56. The van der Waals surface area contributed by atoms with E-state index in [1.807, 2.05) is 0 Å². The Morgan fingerprint density at radius 1 is 1.54 bits per heavy atom. The van der Waals surface area contributed by atoms with Crippen molar-refractivity contribution in [2.24, 2.45) is 7.05 Å². The smallest absolute Gasteiger partial charge is 0.543 e. The van der Waals surface area contributed by atoms with Crippen molar-refractivity contribution in [3.05, 3.63) is 11.3 Å². The van der Waals surface area contributed by atoms with E-state index < -0.39 is 28.9 Å². The number of aliphatic carboxylic acids is 1. The van der Waals surface area contributed by atoms with E-state index in [4.69, 9.17) is 16.3 Å². The molecule has 1 unspecified atom stereocenters. The summed E-state index contributed by atoms with van der Waals surface area (Å²) in [7, 11) is 2.92. The topological polar surface area (TPSA) is 142 Å². The van der Waals surface area contributed by atoms with Crippen molar-refractivity contribution in [1.29, 1.82) is 0 Å². The molecule has 1 N–H and O–H groups in total. The molecule has 2 atom stereocenters. The fourth-order valence-corrected chi connectivity index (χ4v) is 5.27. The molecule has 0 aliphatic carbocycles. The summed E-state index contributed by atoms with van der Waals surface area (Å²) in [5, 5.41) is 25.0. The Morgan fingerprint density at radius 2 is 2.25 bits per heavy atom. The number of rotatable bonds is 7. The van der Waals surface area contributed by atoms with Gasteiger partial charge in [0.25, 0.3) is 11.6 Å². The van der Waals surface area contributed by atoms with Crippen molar-refractivity contribution in [3.63, 3.8) is 0 Å². The molecule has 0 radical (unpaired) electrons. The third-order valence-electron chi connectivity index (χ3n) is 4.03. The number of alkyl halides is 1. The minimum absolute atomic E-state index is 0. The summed E-state index contributed by atoms with van der Waals surface area (Å²) in [5.41, 5.74) is -1.38. The van der Waals surface area contributed by atoms with Crippen LogP contribution in [0.1, 0.15) is 0 Å². The number of hydrogen-bond acceptors (Lipinski definition) is 10. The first kappa shape index (κ1) is 23.4. The molecule has 1 saturated heterocycles. The normalized spacial score (nSPS) is 23.6. The second-order valence-corrected chi connectivity index (χ2v) is 7.85. The third-order valence-corrected chi connectivity index (χ3v) is 6.74. The predicted octanol–water partition coefficient (Wildman–Crippen LogP) is -5.08. The van der Waals surface area contributed by atoms with E-state index in [0.717, 1.165) is 4.90 Å². The summed E-state index contributed by atoms with van der Waals surface area (Å²) in [6.45, 7) is 0. The number of carboxylic acid groups (broad SMARTS) is 1. The van der Waals surface area contributed by atoms with Crippen LogP contribution in [-0.4, -0.2) is 78.5 Å². The van der Waals surface area contributed by atoms with Crippen LogP contribution in [0.15, 0.2) is 16.4 Å². The number of halogens is 1. The van der Waals surface area contributed by atoms with Gasteiger partial charge in [-0.3, -0.25) is 14.5 Å². The zero-order valence-corrected chi connectivity index (χ0v) is 19.6. The van der Waals surface area contributed by atoms with Gasteiger partial charge in [0.15, 0.2) is 0 Å². The molecular formula is C13H14ClN6NaO5S2. The van der Waals surface area contributed by atoms with E-state index in [2.05, 4.69) is 20.8 Å². The van der Waals surface area contributed by atoms with Gasteiger partial charge < -0.3 is 20.0 Å². The second kappa shape index (κ2) is 9.32. The molecular weight excluding hydrogens is 443 g/mol. The molecule has 1 aromatic heterocycles. The number of carbonyl (C=O) groups excluding carboxylic acids is 3. The molecule has 0 bridgehead atoms. The SMILES string of the molecule is CO[C@@]1(NC(=O)CCl)C(=O)N2C(C(=O)[O-])=C(CSc3nnnn3C)CSC21.[Na+]. The number of thioether (sulfide) groups is 2. The van der Waals surface area contributed by atoms with E-state index in [0.29, 0.717) is 16.5 Å². The monoisotopic (exact) mass is 456 g/mol. The summed E-state index contributed by atoms with van der Waals surface area (Å²) < 4.78 is 6.71. The van der Waals surface area contributed by atoms with Crippen LogP contribution in [0.3, 0.4) is 0 Å². The molecule has 3 heterocycles. The Bertz CT molecular complexity index is 838. The first-order chi connectivity index (χ1) is 12.9. The average molecular weight is 457 g/mol. The summed E-state index contributed by atoms with van der Waals surface area (Å²) in [6, 6.07) is 0. The molecule has 11 nitrogen and oxygen atoms in total. The van der Waals surface area contributed by atoms with E-state index in [-0.39, 0.29) is 46.9 Å². The van der Waals surface area contributed by atoms with Gasteiger partial charge in [-0.15, -0.1) is 28.5 Å². The number of nitrogens with one attached hydrogen (secondary N) is 1. The number of carboxylic acids is 1. The first-order valence-corrected chi connectivity index (χ1v) is 10.1. The summed E-state index contributed by atoms with van der Waals surface area (Å²) in [4.78, 5) is 37.2. The van der Waals surface area contributed by atoms with Crippen LogP contribution in [0.5, 0.6) is 0 Å². The minimum Gasteiger partial charge on any atom is -0.543 e. The van der Waals surface area contributed by atoms with Gasteiger partial charge in [-0.1, -0.05) is 11.8 Å². The number of aromatic nitrogens is 4. The quantitative estimate of drug-likeness (QED) is 0.139. The van der Waals surface area contributed by atoms with Crippen molar-refractivity contribution in [2.45, 2.75) is 16.3 Å². The van der Waals surface area contributed by atoms with Crippen molar-refractivity contribution in [2.75, 3.05) is 24.5 Å². The molecule has 0 aromatic carbocycles. The maximum absolute atomic E-state index is 12.7.